The predicted octanol–water partition coefficient (Wildman–Crippen LogP) is 4.18. The Kier molecular flexibility index (Phi) is 5.99. The van der Waals surface area contributed by atoms with E-state index in [4.69, 9.17) is 26.8 Å². The van der Waals surface area contributed by atoms with Crippen molar-refractivity contribution in [1.29, 1.82) is 0 Å². The van der Waals surface area contributed by atoms with Crippen molar-refractivity contribution in [3.63, 3.8) is 0 Å². The van der Waals surface area contributed by atoms with Crippen LogP contribution in [-0.2, 0) is 11.2 Å². The van der Waals surface area contributed by atoms with Crippen LogP contribution in [0.25, 0.3) is 0 Å². The molecule has 1 saturated carbocycles. The van der Waals surface area contributed by atoms with Gasteiger partial charge in [-0.2, -0.15) is 0 Å². The lowest BCUT2D eigenvalue weighted by molar-refractivity contribution is 0.0372. The zero-order valence-corrected chi connectivity index (χ0v) is 16.5. The van der Waals surface area contributed by atoms with Gasteiger partial charge in [0.05, 0.1) is 6.61 Å². The molecule has 23 heavy (non-hydrogen) atoms. The largest absolute Gasteiger partial charge is 0.490 e. The molecule has 0 bridgehead atoms. The van der Waals surface area contributed by atoms with Crippen molar-refractivity contribution in [1.82, 2.24) is 4.98 Å². The standard InChI is InChI=1S/C16H22ClIN2O3/c1-16(2,3)12(23-15(19)21)7-10-6-11(13(17)20-14(10)18)22-8-9-4-5-9/h6,9,12H,4-5,7-8H2,1-3H3,(H2,19,21)/t12-/m1/s1. The summed E-state index contributed by atoms with van der Waals surface area (Å²) in [5.41, 5.74) is 5.89. The van der Waals surface area contributed by atoms with Crippen molar-refractivity contribution in [2.45, 2.75) is 46.1 Å². The molecule has 1 fully saturated rings. The van der Waals surface area contributed by atoms with Crippen LogP contribution in [0.5, 0.6) is 5.75 Å². The fourth-order valence-corrected chi connectivity index (χ4v) is 3.04. The maximum absolute atomic E-state index is 11.2. The van der Waals surface area contributed by atoms with E-state index in [0.29, 0.717) is 29.8 Å². The normalized spacial score (nSPS) is 16.0. The summed E-state index contributed by atoms with van der Waals surface area (Å²) in [5, 5.41) is 0.363. The fourth-order valence-electron chi connectivity index (χ4n) is 2.09. The second kappa shape index (κ2) is 7.42. The molecular weight excluding hydrogens is 431 g/mol. The Balaban J connectivity index is 2.18. The van der Waals surface area contributed by atoms with Crippen molar-refractivity contribution in [3.8, 4) is 5.75 Å². The number of amides is 1. The summed E-state index contributed by atoms with van der Waals surface area (Å²) in [6.45, 7) is 6.67. The Morgan fingerprint density at radius 2 is 2.17 bits per heavy atom. The maximum Gasteiger partial charge on any atom is 0.404 e. The minimum Gasteiger partial charge on any atom is -0.490 e. The highest BCUT2D eigenvalue weighted by molar-refractivity contribution is 14.1. The quantitative estimate of drug-likeness (QED) is 0.519. The van der Waals surface area contributed by atoms with Gasteiger partial charge in [-0.05, 0) is 58.4 Å². The number of ether oxygens (including phenoxy) is 2. The van der Waals surface area contributed by atoms with Crippen LogP contribution in [0.2, 0.25) is 5.15 Å². The van der Waals surface area contributed by atoms with Crippen molar-refractivity contribution in [2.75, 3.05) is 6.61 Å². The first-order valence-electron chi connectivity index (χ1n) is 7.60. The molecule has 1 amide bonds. The lowest BCUT2D eigenvalue weighted by atomic mass is 9.85. The molecular formula is C16H22ClIN2O3. The Morgan fingerprint density at radius 3 is 2.70 bits per heavy atom. The van der Waals surface area contributed by atoms with E-state index in [2.05, 4.69) is 27.6 Å². The lowest BCUT2D eigenvalue weighted by Gasteiger charge is -2.30. The minimum absolute atomic E-state index is 0.243. The topological polar surface area (TPSA) is 74.4 Å². The molecule has 1 heterocycles. The van der Waals surface area contributed by atoms with E-state index in [1.807, 2.05) is 26.8 Å². The molecule has 1 aromatic rings. The van der Waals surface area contributed by atoms with Crippen LogP contribution in [0.1, 0.15) is 39.2 Å². The summed E-state index contributed by atoms with van der Waals surface area (Å²) >= 11 is 8.30. The Bertz CT molecular complexity index is 585. The third-order valence-electron chi connectivity index (χ3n) is 3.77. The van der Waals surface area contributed by atoms with Crippen molar-refractivity contribution in [2.24, 2.45) is 17.1 Å². The summed E-state index contributed by atoms with van der Waals surface area (Å²) in [4.78, 5) is 15.5. The van der Waals surface area contributed by atoms with Gasteiger partial charge < -0.3 is 15.2 Å². The zero-order chi connectivity index (χ0) is 17.2. The molecule has 2 rings (SSSR count). The average molecular weight is 453 g/mol. The zero-order valence-electron chi connectivity index (χ0n) is 13.6. The van der Waals surface area contributed by atoms with Gasteiger partial charge in [0, 0.05) is 6.42 Å². The molecule has 0 unspecified atom stereocenters. The van der Waals surface area contributed by atoms with Crippen LogP contribution in [0, 0.1) is 15.0 Å². The van der Waals surface area contributed by atoms with Gasteiger partial charge in [-0.25, -0.2) is 9.78 Å². The molecule has 0 radical (unpaired) electrons. The number of pyridine rings is 1. The van der Waals surface area contributed by atoms with Gasteiger partial charge in [-0.3, -0.25) is 0 Å². The van der Waals surface area contributed by atoms with Crippen LogP contribution in [0.4, 0.5) is 4.79 Å². The predicted molar refractivity (Wildman–Crippen MR) is 97.8 cm³/mol. The number of aromatic nitrogens is 1. The molecule has 1 aliphatic rings. The maximum atomic E-state index is 11.2. The summed E-state index contributed by atoms with van der Waals surface area (Å²) in [6.07, 6.45) is 1.80. The van der Waals surface area contributed by atoms with E-state index in [9.17, 15) is 4.79 Å². The first-order valence-corrected chi connectivity index (χ1v) is 9.06. The number of nitrogens with two attached hydrogens (primary N) is 1. The van der Waals surface area contributed by atoms with Crippen LogP contribution in [-0.4, -0.2) is 23.8 Å². The third-order valence-corrected chi connectivity index (χ3v) is 4.98. The van der Waals surface area contributed by atoms with Gasteiger partial charge in [-0.15, -0.1) is 0 Å². The molecule has 0 aliphatic heterocycles. The number of carbonyl (C=O) groups excluding carboxylic acids is 1. The molecule has 1 aliphatic carbocycles. The number of hydrogen-bond acceptors (Lipinski definition) is 4. The summed E-state index contributed by atoms with van der Waals surface area (Å²) < 4.78 is 11.8. The van der Waals surface area contributed by atoms with E-state index < -0.39 is 6.09 Å². The van der Waals surface area contributed by atoms with Crippen molar-refractivity contribution in [3.05, 3.63) is 20.5 Å². The van der Waals surface area contributed by atoms with Gasteiger partial charge in [-0.1, -0.05) is 32.4 Å². The number of rotatable bonds is 6. The van der Waals surface area contributed by atoms with Crippen LogP contribution >= 0.6 is 34.2 Å². The Labute approximate surface area is 155 Å². The highest BCUT2D eigenvalue weighted by Gasteiger charge is 2.29. The summed E-state index contributed by atoms with van der Waals surface area (Å²) in [7, 11) is 0. The number of hydrogen-bond donors (Lipinski definition) is 1. The van der Waals surface area contributed by atoms with Gasteiger partial charge in [0.25, 0.3) is 0 Å². The molecule has 7 heteroatoms. The second-order valence-corrected chi connectivity index (χ2v) is 8.36. The monoisotopic (exact) mass is 452 g/mol. The fraction of sp³-hybridized carbons (Fsp3) is 0.625. The van der Waals surface area contributed by atoms with E-state index in [1.54, 1.807) is 0 Å². The molecule has 1 aromatic heterocycles. The molecule has 0 spiro atoms. The van der Waals surface area contributed by atoms with Gasteiger partial charge >= 0.3 is 6.09 Å². The highest BCUT2D eigenvalue weighted by atomic mass is 127. The van der Waals surface area contributed by atoms with E-state index in [1.165, 1.54) is 12.8 Å². The summed E-state index contributed by atoms with van der Waals surface area (Å²) in [5.74, 6) is 1.22. The third kappa shape index (κ3) is 5.67. The minimum atomic E-state index is -0.771. The van der Waals surface area contributed by atoms with Crippen LogP contribution in [0.15, 0.2) is 6.07 Å². The average Bonchev–Trinajstić information content (AvgIpc) is 3.22. The number of halogens is 2. The van der Waals surface area contributed by atoms with Crippen molar-refractivity contribution >= 4 is 40.3 Å². The Hall–Kier alpha value is -0.760. The smallest absolute Gasteiger partial charge is 0.404 e. The number of carbonyl (C=O) groups is 1. The lowest BCUT2D eigenvalue weighted by Crippen LogP contribution is -2.35. The van der Waals surface area contributed by atoms with Crippen molar-refractivity contribution < 1.29 is 14.3 Å². The molecule has 2 N–H and O–H groups in total. The van der Waals surface area contributed by atoms with Crippen LogP contribution in [0.3, 0.4) is 0 Å². The van der Waals surface area contributed by atoms with Gasteiger partial charge in [0.1, 0.15) is 9.80 Å². The molecule has 5 nitrogen and oxygen atoms in total. The van der Waals surface area contributed by atoms with Gasteiger partial charge in [0.15, 0.2) is 10.9 Å². The second-order valence-electron chi connectivity index (χ2n) is 6.98. The van der Waals surface area contributed by atoms with Crippen LogP contribution < -0.4 is 10.5 Å². The SMILES string of the molecule is CC(C)(C)[C@@H](Cc1cc(OCC2CC2)c(Cl)nc1I)OC(N)=O. The first-order chi connectivity index (χ1) is 10.7. The van der Waals surface area contributed by atoms with Gasteiger partial charge in [0.2, 0.25) is 0 Å². The molecule has 128 valence electrons. The number of nitrogens with zero attached hydrogens (tertiary/aromatic N) is 1. The first kappa shape index (κ1) is 18.6. The van der Waals surface area contributed by atoms with E-state index in [-0.39, 0.29) is 11.5 Å². The molecule has 1 atom stereocenters. The summed E-state index contributed by atoms with van der Waals surface area (Å²) in [6, 6.07) is 1.89. The Morgan fingerprint density at radius 1 is 1.52 bits per heavy atom. The van der Waals surface area contributed by atoms with E-state index in [0.717, 1.165) is 9.26 Å². The highest BCUT2D eigenvalue weighted by Crippen LogP contribution is 2.33. The molecule has 0 aromatic carbocycles. The molecule has 0 saturated heterocycles. The van der Waals surface area contributed by atoms with E-state index >= 15 is 0 Å². The number of primary amides is 1.